The second-order valence-electron chi connectivity index (χ2n) is 6.14. The number of hydrogen-bond acceptors (Lipinski definition) is 8. The van der Waals surface area contributed by atoms with Crippen molar-refractivity contribution in [3.05, 3.63) is 59.0 Å². The molecule has 9 heteroatoms. The van der Waals surface area contributed by atoms with E-state index in [0.717, 1.165) is 10.6 Å². The number of ether oxygens (including phenoxy) is 3. The van der Waals surface area contributed by atoms with Crippen LogP contribution in [0.3, 0.4) is 0 Å². The van der Waals surface area contributed by atoms with Crippen LogP contribution >= 0.6 is 11.3 Å². The lowest BCUT2D eigenvalue weighted by Crippen LogP contribution is -2.07. The molecule has 0 bridgehead atoms. The van der Waals surface area contributed by atoms with Gasteiger partial charge in [0.25, 0.3) is 0 Å². The second kappa shape index (κ2) is 7.88. The molecule has 0 atom stereocenters. The first-order chi connectivity index (χ1) is 14.1. The van der Waals surface area contributed by atoms with Crippen LogP contribution in [0.25, 0.3) is 16.2 Å². The van der Waals surface area contributed by atoms with Crippen LogP contribution in [-0.4, -0.2) is 39.8 Å². The molecule has 0 saturated heterocycles. The summed E-state index contributed by atoms with van der Waals surface area (Å²) in [6.07, 6.45) is 3.35. The number of thiazole rings is 1. The van der Waals surface area contributed by atoms with Crippen LogP contribution in [0.15, 0.2) is 42.0 Å². The number of nitrogens with zero attached hydrogens (tertiary/aromatic N) is 4. The molecule has 4 rings (SSSR count). The monoisotopic (exact) mass is 410 g/mol. The summed E-state index contributed by atoms with van der Waals surface area (Å²) < 4.78 is 17.6. The summed E-state index contributed by atoms with van der Waals surface area (Å²) in [7, 11) is 3.18. The molecule has 3 aromatic heterocycles. The number of fused-ring (bicyclic) bond motifs is 1. The van der Waals surface area contributed by atoms with E-state index in [2.05, 4.69) is 15.1 Å². The zero-order valence-electron chi connectivity index (χ0n) is 16.1. The number of aromatic nitrogens is 4. The van der Waals surface area contributed by atoms with E-state index in [1.807, 2.05) is 23.6 Å². The minimum absolute atomic E-state index is 0.0617. The topological polar surface area (TPSA) is 87.8 Å². The van der Waals surface area contributed by atoms with Gasteiger partial charge in [-0.15, -0.1) is 11.3 Å². The van der Waals surface area contributed by atoms with E-state index in [9.17, 15) is 4.79 Å². The van der Waals surface area contributed by atoms with Gasteiger partial charge in [0.05, 0.1) is 25.6 Å². The first-order valence-corrected chi connectivity index (χ1v) is 9.62. The highest BCUT2D eigenvalue weighted by molar-refractivity contribution is 7.13. The smallest absolute Gasteiger partial charge is 0.344 e. The van der Waals surface area contributed by atoms with Crippen LogP contribution in [0.4, 0.5) is 0 Å². The Balaban J connectivity index is 1.50. The molecular formula is C20H18N4O4S. The van der Waals surface area contributed by atoms with E-state index in [0.29, 0.717) is 34.1 Å². The average molecular weight is 410 g/mol. The fourth-order valence-electron chi connectivity index (χ4n) is 2.92. The van der Waals surface area contributed by atoms with Crippen LogP contribution in [0, 0.1) is 6.92 Å². The van der Waals surface area contributed by atoms with Crippen molar-refractivity contribution in [2.24, 2.45) is 0 Å². The average Bonchev–Trinajstić information content (AvgIpc) is 3.35. The summed E-state index contributed by atoms with van der Waals surface area (Å²) in [4.78, 5) is 21.3. The van der Waals surface area contributed by atoms with Gasteiger partial charge in [0.2, 0.25) is 0 Å². The summed E-state index contributed by atoms with van der Waals surface area (Å²) in [5.41, 5.74) is 2.96. The van der Waals surface area contributed by atoms with Gasteiger partial charge in [-0.1, -0.05) is 0 Å². The van der Waals surface area contributed by atoms with Crippen molar-refractivity contribution in [2.45, 2.75) is 13.5 Å². The quantitative estimate of drug-likeness (QED) is 0.449. The molecule has 0 spiro atoms. The van der Waals surface area contributed by atoms with Crippen molar-refractivity contribution in [3.8, 4) is 22.1 Å². The van der Waals surface area contributed by atoms with E-state index in [4.69, 9.17) is 14.2 Å². The maximum atomic E-state index is 12.6. The number of esters is 1. The predicted molar refractivity (Wildman–Crippen MR) is 107 cm³/mol. The number of methoxy groups -OCH3 is 2. The fraction of sp³-hybridized carbons (Fsp3) is 0.200. The standard InChI is InChI=1S/C20H18N4O4S/c1-12-17(18-21-7-4-8-24(18)23-12)20(25)28-10-14-11-29-19(22-14)13-5-6-15(26-2)16(9-13)27-3/h4-9,11H,10H2,1-3H3. The van der Waals surface area contributed by atoms with Crippen molar-refractivity contribution in [2.75, 3.05) is 14.2 Å². The summed E-state index contributed by atoms with van der Waals surface area (Å²) in [5.74, 6) is 0.806. The Labute approximate surface area is 170 Å². The van der Waals surface area contributed by atoms with Gasteiger partial charge in [0, 0.05) is 23.3 Å². The van der Waals surface area contributed by atoms with Gasteiger partial charge in [-0.25, -0.2) is 19.3 Å². The third-order valence-corrected chi connectivity index (χ3v) is 5.25. The molecular weight excluding hydrogens is 392 g/mol. The zero-order chi connectivity index (χ0) is 20.4. The zero-order valence-corrected chi connectivity index (χ0v) is 16.9. The number of rotatable bonds is 6. The Morgan fingerprint density at radius 3 is 2.83 bits per heavy atom. The Morgan fingerprint density at radius 2 is 2.03 bits per heavy atom. The lowest BCUT2D eigenvalue weighted by molar-refractivity contribution is 0.0469. The molecule has 0 fully saturated rings. The number of benzene rings is 1. The highest BCUT2D eigenvalue weighted by atomic mass is 32.1. The summed E-state index contributed by atoms with van der Waals surface area (Å²) in [6, 6.07) is 7.35. The number of carbonyl (C=O) groups is 1. The Morgan fingerprint density at radius 1 is 1.21 bits per heavy atom. The molecule has 0 aliphatic heterocycles. The van der Waals surface area contributed by atoms with Crippen LogP contribution in [0.1, 0.15) is 21.7 Å². The number of aryl methyl sites for hydroxylation is 1. The van der Waals surface area contributed by atoms with E-state index in [1.54, 1.807) is 44.1 Å². The van der Waals surface area contributed by atoms with Crippen LogP contribution in [-0.2, 0) is 11.3 Å². The van der Waals surface area contributed by atoms with Crippen molar-refractivity contribution in [1.82, 2.24) is 19.6 Å². The Hall–Kier alpha value is -3.46. The van der Waals surface area contributed by atoms with Crippen molar-refractivity contribution >= 4 is 23.0 Å². The number of carbonyl (C=O) groups excluding carboxylic acids is 1. The maximum Gasteiger partial charge on any atom is 0.344 e. The third kappa shape index (κ3) is 3.64. The Kier molecular flexibility index (Phi) is 5.13. The molecule has 29 heavy (non-hydrogen) atoms. The van der Waals surface area contributed by atoms with Gasteiger partial charge < -0.3 is 14.2 Å². The Bertz CT molecular complexity index is 1180. The molecule has 4 aromatic rings. The van der Waals surface area contributed by atoms with E-state index in [-0.39, 0.29) is 6.61 Å². The molecule has 1 aromatic carbocycles. The van der Waals surface area contributed by atoms with Crippen molar-refractivity contribution < 1.29 is 19.0 Å². The normalized spacial score (nSPS) is 10.9. The summed E-state index contributed by atoms with van der Waals surface area (Å²) >= 11 is 1.46. The van der Waals surface area contributed by atoms with Gasteiger partial charge in [-0.3, -0.25) is 0 Å². The largest absolute Gasteiger partial charge is 0.493 e. The number of hydrogen-bond donors (Lipinski definition) is 0. The van der Waals surface area contributed by atoms with Gasteiger partial charge in [0.15, 0.2) is 17.1 Å². The van der Waals surface area contributed by atoms with Crippen LogP contribution < -0.4 is 9.47 Å². The fourth-order valence-corrected chi connectivity index (χ4v) is 3.72. The molecule has 3 heterocycles. The lowest BCUT2D eigenvalue weighted by Gasteiger charge is -2.08. The van der Waals surface area contributed by atoms with Crippen molar-refractivity contribution in [3.63, 3.8) is 0 Å². The van der Waals surface area contributed by atoms with Crippen LogP contribution in [0.5, 0.6) is 11.5 Å². The molecule has 8 nitrogen and oxygen atoms in total. The lowest BCUT2D eigenvalue weighted by atomic mass is 10.2. The van der Waals surface area contributed by atoms with Crippen LogP contribution in [0.2, 0.25) is 0 Å². The second-order valence-corrected chi connectivity index (χ2v) is 7.00. The predicted octanol–water partition coefficient (Wildman–Crippen LogP) is 3.54. The van der Waals surface area contributed by atoms with E-state index >= 15 is 0 Å². The highest BCUT2D eigenvalue weighted by Gasteiger charge is 2.20. The first-order valence-electron chi connectivity index (χ1n) is 8.74. The van der Waals surface area contributed by atoms with Gasteiger partial charge in [-0.2, -0.15) is 5.10 Å². The van der Waals surface area contributed by atoms with Crippen molar-refractivity contribution in [1.29, 1.82) is 0 Å². The first kappa shape index (κ1) is 18.9. The highest BCUT2D eigenvalue weighted by Crippen LogP contribution is 2.33. The minimum atomic E-state index is -0.475. The molecule has 148 valence electrons. The summed E-state index contributed by atoms with van der Waals surface area (Å²) in [6.45, 7) is 1.81. The molecule has 0 radical (unpaired) electrons. The van der Waals surface area contributed by atoms with Gasteiger partial charge >= 0.3 is 5.97 Å². The third-order valence-electron chi connectivity index (χ3n) is 4.31. The molecule has 0 saturated carbocycles. The SMILES string of the molecule is COc1ccc(-c2nc(COC(=O)c3c(C)nn4cccnc34)cs2)cc1OC. The molecule has 0 unspecified atom stereocenters. The summed E-state index contributed by atoms with van der Waals surface area (Å²) in [5, 5.41) is 6.94. The van der Waals surface area contributed by atoms with E-state index in [1.165, 1.54) is 11.3 Å². The van der Waals surface area contributed by atoms with Gasteiger partial charge in [-0.05, 0) is 31.2 Å². The van der Waals surface area contributed by atoms with Gasteiger partial charge in [0.1, 0.15) is 17.2 Å². The molecule has 0 aliphatic carbocycles. The molecule has 0 N–H and O–H groups in total. The van der Waals surface area contributed by atoms with E-state index < -0.39 is 5.97 Å². The molecule has 0 amide bonds. The minimum Gasteiger partial charge on any atom is -0.493 e. The molecule has 0 aliphatic rings. The maximum absolute atomic E-state index is 12.6.